The summed E-state index contributed by atoms with van der Waals surface area (Å²) in [7, 11) is -4.34. The Morgan fingerprint density at radius 2 is 1.81 bits per heavy atom. The molecule has 0 aromatic heterocycles. The molecule has 0 radical (unpaired) electrons. The van der Waals surface area contributed by atoms with Crippen LogP contribution in [-0.4, -0.2) is 24.5 Å². The first kappa shape index (κ1) is 16.4. The monoisotopic (exact) mass is 288 g/mol. The van der Waals surface area contributed by atoms with Crippen molar-refractivity contribution in [1.82, 2.24) is 0 Å². The average molecular weight is 289 g/mol. The second-order valence-corrected chi connectivity index (χ2v) is 6.31. The summed E-state index contributed by atoms with van der Waals surface area (Å²) >= 11 is 5.60. The first-order chi connectivity index (χ1) is 6.88. The van der Waals surface area contributed by atoms with Crippen LogP contribution in [0.5, 0.6) is 0 Å². The molecule has 0 saturated carbocycles. The number of halogens is 1. The minimum Gasteiger partial charge on any atom is -0.739 e. The van der Waals surface area contributed by atoms with Crippen LogP contribution in [0.1, 0.15) is 10.4 Å². The molecule has 0 atom stereocenters. The molecule has 1 aromatic rings. The zero-order chi connectivity index (χ0) is 11.5. The van der Waals surface area contributed by atoms with Crippen LogP contribution in [0.25, 0.3) is 0 Å². The third-order valence-corrected chi connectivity index (χ3v) is 3.64. The largest absolute Gasteiger partial charge is 1.00 e. The summed E-state index contributed by atoms with van der Waals surface area (Å²) in [6, 6.07) is 5.99. The second kappa shape index (κ2) is 7.00. The van der Waals surface area contributed by atoms with E-state index in [4.69, 9.17) is 11.6 Å². The molecule has 1 aromatic carbocycles. The molecule has 16 heavy (non-hydrogen) atoms. The van der Waals surface area contributed by atoms with Gasteiger partial charge in [0.1, 0.15) is 9.15 Å². The average Bonchev–Trinajstić information content (AvgIpc) is 2.14. The van der Waals surface area contributed by atoms with Crippen molar-refractivity contribution in [3.8, 4) is 0 Å². The van der Waals surface area contributed by atoms with E-state index in [-0.39, 0.29) is 46.1 Å². The number of carbonyl (C=O) groups is 1. The normalized spacial score (nSPS) is 10.6. The SMILES string of the molecule is O=C(CSS(=O)(=O)[O-])c1ccc(Cl)cc1.[Na+]. The molecule has 8 heteroatoms. The minimum absolute atomic E-state index is 0. The predicted molar refractivity (Wildman–Crippen MR) is 57.9 cm³/mol. The van der Waals surface area contributed by atoms with E-state index in [0.29, 0.717) is 10.6 Å². The van der Waals surface area contributed by atoms with E-state index in [1.165, 1.54) is 24.3 Å². The zero-order valence-corrected chi connectivity index (χ0v) is 12.7. The van der Waals surface area contributed by atoms with Crippen LogP contribution in [-0.2, 0) is 9.15 Å². The van der Waals surface area contributed by atoms with E-state index in [1.54, 1.807) is 0 Å². The Morgan fingerprint density at radius 3 is 2.25 bits per heavy atom. The van der Waals surface area contributed by atoms with Gasteiger partial charge >= 0.3 is 29.6 Å². The molecule has 0 fully saturated rings. The van der Waals surface area contributed by atoms with Crippen LogP contribution < -0.4 is 29.6 Å². The fourth-order valence-corrected chi connectivity index (χ4v) is 2.14. The van der Waals surface area contributed by atoms with Crippen molar-refractivity contribution in [1.29, 1.82) is 0 Å². The van der Waals surface area contributed by atoms with E-state index in [2.05, 4.69) is 0 Å². The van der Waals surface area contributed by atoms with Crippen molar-refractivity contribution in [3.05, 3.63) is 34.9 Å². The molecule has 1 rings (SSSR count). The summed E-state index contributed by atoms with van der Waals surface area (Å²) in [6.07, 6.45) is 0. The molecule has 4 nitrogen and oxygen atoms in total. The fourth-order valence-electron chi connectivity index (χ4n) is 0.845. The second-order valence-electron chi connectivity index (χ2n) is 2.60. The van der Waals surface area contributed by atoms with Crippen LogP contribution in [0, 0.1) is 0 Å². The van der Waals surface area contributed by atoms with Crippen molar-refractivity contribution in [2.75, 3.05) is 5.75 Å². The number of ketones is 1. The Morgan fingerprint density at radius 1 is 1.31 bits per heavy atom. The van der Waals surface area contributed by atoms with Crippen molar-refractivity contribution in [2.24, 2.45) is 0 Å². The quantitative estimate of drug-likeness (QED) is 0.299. The molecule has 0 unspecified atom stereocenters. The standard InChI is InChI=1S/C8H7ClO4S2.Na/c9-7-3-1-6(2-4-7)8(10)5-14-15(11,12)13;/h1-4H,5H2,(H,11,12,13);/q;+1/p-1. The molecule has 0 bridgehead atoms. The maximum atomic E-state index is 11.3. The van der Waals surface area contributed by atoms with Crippen LogP contribution in [0.15, 0.2) is 24.3 Å². The Labute approximate surface area is 124 Å². The topological polar surface area (TPSA) is 74.3 Å². The predicted octanol–water partition coefficient (Wildman–Crippen LogP) is -1.28. The van der Waals surface area contributed by atoms with Gasteiger partial charge in [-0.05, 0) is 35.1 Å². The summed E-state index contributed by atoms with van der Waals surface area (Å²) in [5, 5.41) is 0.482. The number of rotatable bonds is 4. The molecule has 0 aliphatic rings. The maximum Gasteiger partial charge on any atom is 1.00 e. The van der Waals surface area contributed by atoms with Crippen LogP contribution >= 0.6 is 22.4 Å². The van der Waals surface area contributed by atoms with Gasteiger partial charge < -0.3 is 4.55 Å². The van der Waals surface area contributed by atoms with Gasteiger partial charge in [-0.3, -0.25) is 4.79 Å². The third-order valence-electron chi connectivity index (χ3n) is 1.50. The summed E-state index contributed by atoms with van der Waals surface area (Å²) in [4.78, 5) is 11.3. The van der Waals surface area contributed by atoms with Crippen molar-refractivity contribution in [2.45, 2.75) is 0 Å². The third kappa shape index (κ3) is 6.24. The van der Waals surface area contributed by atoms with Crippen LogP contribution in [0.4, 0.5) is 0 Å². The van der Waals surface area contributed by atoms with E-state index in [9.17, 15) is 17.8 Å². The number of hydrogen-bond acceptors (Lipinski definition) is 5. The molecule has 82 valence electrons. The van der Waals surface area contributed by atoms with Gasteiger partial charge in [0.2, 0.25) is 0 Å². The molecular weight excluding hydrogens is 283 g/mol. The van der Waals surface area contributed by atoms with Crippen molar-refractivity contribution in [3.63, 3.8) is 0 Å². The summed E-state index contributed by atoms with van der Waals surface area (Å²) in [5.74, 6) is -0.802. The van der Waals surface area contributed by atoms with E-state index in [1.807, 2.05) is 0 Å². The number of hydrogen-bond donors (Lipinski definition) is 0. The smallest absolute Gasteiger partial charge is 0.739 e. The summed E-state index contributed by atoms with van der Waals surface area (Å²) < 4.78 is 30.8. The van der Waals surface area contributed by atoms with Gasteiger partial charge in [0.05, 0.1) is 5.75 Å². The van der Waals surface area contributed by atoms with Crippen LogP contribution in [0.3, 0.4) is 0 Å². The zero-order valence-electron chi connectivity index (χ0n) is 8.34. The van der Waals surface area contributed by atoms with Gasteiger partial charge in [0.25, 0.3) is 0 Å². The van der Waals surface area contributed by atoms with Crippen LogP contribution in [0.2, 0.25) is 5.02 Å². The molecule has 0 N–H and O–H groups in total. The Balaban J connectivity index is 0.00000225. The van der Waals surface area contributed by atoms with Crippen molar-refractivity contribution < 1.29 is 47.3 Å². The first-order valence-electron chi connectivity index (χ1n) is 3.77. The van der Waals surface area contributed by atoms with E-state index < -0.39 is 14.9 Å². The summed E-state index contributed by atoms with van der Waals surface area (Å²) in [5.41, 5.74) is 0.329. The number of Topliss-reactive ketones (excluding diaryl/α,β-unsaturated/α-hetero) is 1. The molecule has 0 heterocycles. The summed E-state index contributed by atoms with van der Waals surface area (Å²) in [6.45, 7) is 0. The minimum atomic E-state index is -4.42. The number of benzene rings is 1. The first-order valence-corrected chi connectivity index (χ1v) is 7.06. The molecule has 0 amide bonds. The van der Waals surface area contributed by atoms with Gasteiger partial charge in [0.15, 0.2) is 5.78 Å². The van der Waals surface area contributed by atoms with E-state index >= 15 is 0 Å². The Bertz CT molecular complexity index is 457. The molecular formula is C8H6ClNaO4S2. The van der Waals surface area contributed by atoms with Gasteiger partial charge in [0, 0.05) is 10.6 Å². The van der Waals surface area contributed by atoms with Gasteiger partial charge in [-0.15, -0.1) is 0 Å². The van der Waals surface area contributed by atoms with Gasteiger partial charge in [-0.1, -0.05) is 11.6 Å². The van der Waals surface area contributed by atoms with E-state index in [0.717, 1.165) is 0 Å². The van der Waals surface area contributed by atoms with Gasteiger partial charge in [-0.25, -0.2) is 8.42 Å². The van der Waals surface area contributed by atoms with Crippen molar-refractivity contribution >= 4 is 37.3 Å². The Kier molecular flexibility index (Phi) is 7.20. The molecule has 0 saturated heterocycles. The molecule has 0 spiro atoms. The molecule has 0 aliphatic heterocycles. The number of carbonyl (C=O) groups excluding carboxylic acids is 1. The Hall–Kier alpha value is 0.440. The van der Waals surface area contributed by atoms with Gasteiger partial charge in [-0.2, -0.15) is 0 Å². The maximum absolute atomic E-state index is 11.3. The fraction of sp³-hybridized carbons (Fsp3) is 0.125. The molecule has 0 aliphatic carbocycles.